The SMILES string of the molecule is CC(C)(CCNC(=O)C1CCCN1S(=O)(=O)c1cccs1)C(=O)O. The zero-order chi connectivity index (χ0) is 18.0. The number of amides is 1. The van der Waals surface area contributed by atoms with Crippen molar-refractivity contribution in [1.29, 1.82) is 0 Å². The van der Waals surface area contributed by atoms with E-state index in [9.17, 15) is 18.0 Å². The molecule has 2 heterocycles. The smallest absolute Gasteiger partial charge is 0.309 e. The van der Waals surface area contributed by atoms with Crippen molar-refractivity contribution < 1.29 is 23.1 Å². The Hall–Kier alpha value is -1.45. The molecule has 7 nitrogen and oxygen atoms in total. The van der Waals surface area contributed by atoms with Crippen LogP contribution in [-0.4, -0.2) is 48.8 Å². The van der Waals surface area contributed by atoms with E-state index >= 15 is 0 Å². The van der Waals surface area contributed by atoms with Crippen LogP contribution >= 0.6 is 11.3 Å². The highest BCUT2D eigenvalue weighted by Gasteiger charge is 2.40. The van der Waals surface area contributed by atoms with Crippen molar-refractivity contribution in [1.82, 2.24) is 9.62 Å². The monoisotopic (exact) mass is 374 g/mol. The molecule has 1 atom stereocenters. The Kier molecular flexibility index (Phi) is 5.67. The van der Waals surface area contributed by atoms with Gasteiger partial charge >= 0.3 is 5.97 Å². The lowest BCUT2D eigenvalue weighted by molar-refractivity contribution is -0.147. The first kappa shape index (κ1) is 18.9. The second-order valence-electron chi connectivity index (χ2n) is 6.44. The first-order valence-corrected chi connectivity index (χ1v) is 10.0. The van der Waals surface area contributed by atoms with Crippen molar-refractivity contribution in [3.8, 4) is 0 Å². The quantitative estimate of drug-likeness (QED) is 0.753. The van der Waals surface area contributed by atoms with Gasteiger partial charge in [-0.25, -0.2) is 8.42 Å². The third-order valence-electron chi connectivity index (χ3n) is 4.19. The zero-order valence-electron chi connectivity index (χ0n) is 13.7. The maximum atomic E-state index is 12.6. The summed E-state index contributed by atoms with van der Waals surface area (Å²) in [7, 11) is -3.66. The zero-order valence-corrected chi connectivity index (χ0v) is 15.3. The minimum absolute atomic E-state index is 0.196. The normalized spacial score (nSPS) is 19.3. The van der Waals surface area contributed by atoms with Gasteiger partial charge < -0.3 is 10.4 Å². The maximum Gasteiger partial charge on any atom is 0.309 e. The second kappa shape index (κ2) is 7.20. The van der Waals surface area contributed by atoms with E-state index in [1.54, 1.807) is 25.3 Å². The Morgan fingerprint density at radius 2 is 2.17 bits per heavy atom. The third kappa shape index (κ3) is 3.96. The van der Waals surface area contributed by atoms with E-state index in [0.717, 1.165) is 11.3 Å². The molecule has 0 aromatic carbocycles. The van der Waals surface area contributed by atoms with Gasteiger partial charge in [0.1, 0.15) is 10.3 Å². The molecule has 1 fully saturated rings. The van der Waals surface area contributed by atoms with E-state index in [1.807, 2.05) is 0 Å². The van der Waals surface area contributed by atoms with Gasteiger partial charge in [-0.15, -0.1) is 11.3 Å². The van der Waals surface area contributed by atoms with Crippen LogP contribution in [0.25, 0.3) is 0 Å². The van der Waals surface area contributed by atoms with Gasteiger partial charge in [0.25, 0.3) is 10.0 Å². The highest BCUT2D eigenvalue weighted by atomic mass is 32.2. The fourth-order valence-electron chi connectivity index (χ4n) is 2.54. The Morgan fingerprint density at radius 3 is 2.75 bits per heavy atom. The molecular formula is C15H22N2O5S2. The number of thiophene rings is 1. The van der Waals surface area contributed by atoms with Crippen molar-refractivity contribution in [3.05, 3.63) is 17.5 Å². The number of sulfonamides is 1. The summed E-state index contributed by atoms with van der Waals surface area (Å²) >= 11 is 1.13. The molecule has 0 bridgehead atoms. The molecule has 1 aliphatic rings. The summed E-state index contributed by atoms with van der Waals surface area (Å²) in [5, 5.41) is 13.4. The molecule has 1 aromatic rings. The van der Waals surface area contributed by atoms with Gasteiger partial charge in [0, 0.05) is 13.1 Å². The van der Waals surface area contributed by atoms with E-state index in [0.29, 0.717) is 19.4 Å². The van der Waals surface area contributed by atoms with Crippen LogP contribution in [0.5, 0.6) is 0 Å². The fraction of sp³-hybridized carbons (Fsp3) is 0.600. The Labute approximate surface area is 145 Å². The van der Waals surface area contributed by atoms with Gasteiger partial charge in [-0.05, 0) is 44.6 Å². The van der Waals surface area contributed by atoms with Crippen LogP contribution in [0.4, 0.5) is 0 Å². The molecule has 0 saturated carbocycles. The van der Waals surface area contributed by atoms with E-state index < -0.39 is 27.4 Å². The summed E-state index contributed by atoms with van der Waals surface area (Å²) in [6.07, 6.45) is 1.38. The van der Waals surface area contributed by atoms with E-state index in [2.05, 4.69) is 5.32 Å². The average molecular weight is 374 g/mol. The molecule has 0 spiro atoms. The Morgan fingerprint density at radius 1 is 1.46 bits per heavy atom. The van der Waals surface area contributed by atoms with Crippen molar-refractivity contribution in [2.24, 2.45) is 5.41 Å². The van der Waals surface area contributed by atoms with Crippen LogP contribution in [0, 0.1) is 5.41 Å². The van der Waals surface area contributed by atoms with Gasteiger partial charge in [-0.1, -0.05) is 6.07 Å². The lowest BCUT2D eigenvalue weighted by Crippen LogP contribution is -2.46. The van der Waals surface area contributed by atoms with Crippen LogP contribution < -0.4 is 5.32 Å². The van der Waals surface area contributed by atoms with Gasteiger partial charge in [-0.3, -0.25) is 9.59 Å². The number of nitrogens with zero attached hydrogens (tertiary/aromatic N) is 1. The number of carbonyl (C=O) groups is 2. The Balaban J connectivity index is 2.00. The summed E-state index contributed by atoms with van der Waals surface area (Å²) in [5.41, 5.74) is -0.939. The number of nitrogens with one attached hydrogen (secondary N) is 1. The number of carbonyl (C=O) groups excluding carboxylic acids is 1. The number of aliphatic carboxylic acids is 1. The van der Waals surface area contributed by atoms with Crippen molar-refractivity contribution >= 4 is 33.2 Å². The number of hydrogen-bond donors (Lipinski definition) is 2. The minimum Gasteiger partial charge on any atom is -0.481 e. The first-order valence-electron chi connectivity index (χ1n) is 7.73. The number of rotatable bonds is 7. The number of hydrogen-bond acceptors (Lipinski definition) is 5. The molecule has 24 heavy (non-hydrogen) atoms. The molecule has 1 saturated heterocycles. The molecule has 0 aliphatic carbocycles. The molecule has 134 valence electrons. The van der Waals surface area contributed by atoms with E-state index in [4.69, 9.17) is 5.11 Å². The predicted molar refractivity (Wildman–Crippen MR) is 90.3 cm³/mol. The predicted octanol–water partition coefficient (Wildman–Crippen LogP) is 1.52. The number of carboxylic acid groups (broad SMARTS) is 1. The minimum atomic E-state index is -3.66. The van der Waals surface area contributed by atoms with Gasteiger partial charge in [0.05, 0.1) is 5.41 Å². The molecule has 0 radical (unpaired) electrons. The first-order chi connectivity index (χ1) is 11.2. The van der Waals surface area contributed by atoms with Gasteiger partial charge in [0.2, 0.25) is 5.91 Å². The summed E-state index contributed by atoms with van der Waals surface area (Å²) in [5.74, 6) is -1.30. The maximum absolute atomic E-state index is 12.6. The molecule has 2 N–H and O–H groups in total. The lowest BCUT2D eigenvalue weighted by Gasteiger charge is -2.24. The molecule has 2 rings (SSSR count). The highest BCUT2D eigenvalue weighted by molar-refractivity contribution is 7.91. The largest absolute Gasteiger partial charge is 0.481 e. The van der Waals surface area contributed by atoms with Crippen LogP contribution in [0.2, 0.25) is 0 Å². The van der Waals surface area contributed by atoms with Crippen LogP contribution in [0.3, 0.4) is 0 Å². The van der Waals surface area contributed by atoms with Crippen LogP contribution in [0.15, 0.2) is 21.7 Å². The second-order valence-corrected chi connectivity index (χ2v) is 9.50. The number of carboxylic acids is 1. The van der Waals surface area contributed by atoms with Crippen molar-refractivity contribution in [2.75, 3.05) is 13.1 Å². The van der Waals surface area contributed by atoms with Crippen LogP contribution in [-0.2, 0) is 19.6 Å². The van der Waals surface area contributed by atoms with Crippen molar-refractivity contribution in [3.63, 3.8) is 0 Å². The highest BCUT2D eigenvalue weighted by Crippen LogP contribution is 2.28. The third-order valence-corrected chi connectivity index (χ3v) is 7.47. The topological polar surface area (TPSA) is 104 Å². The summed E-state index contributed by atoms with van der Waals surface area (Å²) in [6.45, 7) is 3.69. The standard InChI is InChI=1S/C15H22N2O5S2/c1-15(2,14(19)20)7-8-16-13(18)11-5-3-9-17(11)24(21,22)12-6-4-10-23-12/h4,6,10-11H,3,5,7-9H2,1-2H3,(H,16,18)(H,19,20). The van der Waals surface area contributed by atoms with Gasteiger partial charge in [0.15, 0.2) is 0 Å². The van der Waals surface area contributed by atoms with Crippen molar-refractivity contribution in [2.45, 2.75) is 43.4 Å². The molecule has 1 aromatic heterocycles. The molecular weight excluding hydrogens is 352 g/mol. The summed E-state index contributed by atoms with van der Waals surface area (Å²) < 4.78 is 26.7. The Bertz CT molecular complexity index is 697. The van der Waals surface area contributed by atoms with Crippen LogP contribution in [0.1, 0.15) is 33.1 Å². The lowest BCUT2D eigenvalue weighted by atomic mass is 9.90. The molecule has 1 amide bonds. The summed E-state index contributed by atoms with van der Waals surface area (Å²) in [4.78, 5) is 23.4. The molecule has 1 aliphatic heterocycles. The molecule has 1 unspecified atom stereocenters. The fourth-order valence-corrected chi connectivity index (χ4v) is 5.31. The van der Waals surface area contributed by atoms with E-state index in [-0.39, 0.29) is 23.1 Å². The molecule has 9 heteroatoms. The summed E-state index contributed by atoms with van der Waals surface area (Å²) in [6, 6.07) is 2.46. The van der Waals surface area contributed by atoms with E-state index in [1.165, 1.54) is 10.4 Å². The average Bonchev–Trinajstić information content (AvgIpc) is 3.18. The van der Waals surface area contributed by atoms with Gasteiger partial charge in [-0.2, -0.15) is 4.31 Å².